The van der Waals surface area contributed by atoms with E-state index in [0.29, 0.717) is 18.2 Å². The molecule has 2 amide bonds. The third-order valence-corrected chi connectivity index (χ3v) is 3.74. The van der Waals surface area contributed by atoms with Gasteiger partial charge in [0.15, 0.2) is 5.13 Å². The maximum Gasteiger partial charge on any atom is 0.273 e. The van der Waals surface area contributed by atoms with Crippen molar-refractivity contribution >= 4 is 28.3 Å². The first-order chi connectivity index (χ1) is 9.80. The summed E-state index contributed by atoms with van der Waals surface area (Å²) < 4.78 is 5.68. The second-order valence-electron chi connectivity index (χ2n) is 5.59. The molecule has 7 nitrogen and oxygen atoms in total. The molecule has 2 heterocycles. The highest BCUT2D eigenvalue weighted by Gasteiger charge is 2.36. The van der Waals surface area contributed by atoms with Gasteiger partial charge in [0.1, 0.15) is 5.69 Å². The molecule has 2 rings (SSSR count). The molecule has 0 aromatic carbocycles. The SMILES string of the molecule is CC(=O)Nc1nc(C(=O)N2CC(CO)OC(C)(C)C2)cs1. The van der Waals surface area contributed by atoms with Crippen molar-refractivity contribution in [3.63, 3.8) is 0 Å². The van der Waals surface area contributed by atoms with Gasteiger partial charge in [0.2, 0.25) is 5.91 Å². The number of hydrogen-bond donors (Lipinski definition) is 2. The van der Waals surface area contributed by atoms with Crippen molar-refractivity contribution in [2.24, 2.45) is 0 Å². The van der Waals surface area contributed by atoms with Crippen molar-refractivity contribution in [2.45, 2.75) is 32.5 Å². The summed E-state index contributed by atoms with van der Waals surface area (Å²) in [4.78, 5) is 29.2. The fourth-order valence-corrected chi connectivity index (χ4v) is 3.02. The lowest BCUT2D eigenvalue weighted by Gasteiger charge is -2.42. The average Bonchev–Trinajstić information content (AvgIpc) is 2.83. The summed E-state index contributed by atoms with van der Waals surface area (Å²) in [5, 5.41) is 13.8. The lowest BCUT2D eigenvalue weighted by Crippen LogP contribution is -2.55. The van der Waals surface area contributed by atoms with E-state index in [9.17, 15) is 14.7 Å². The van der Waals surface area contributed by atoms with Crippen molar-refractivity contribution in [1.29, 1.82) is 0 Å². The normalized spacial score (nSPS) is 21.1. The van der Waals surface area contributed by atoms with Crippen LogP contribution in [-0.4, -0.2) is 58.2 Å². The van der Waals surface area contributed by atoms with Gasteiger partial charge >= 0.3 is 0 Å². The largest absolute Gasteiger partial charge is 0.394 e. The van der Waals surface area contributed by atoms with Crippen molar-refractivity contribution in [1.82, 2.24) is 9.88 Å². The number of thiazole rings is 1. The molecule has 1 fully saturated rings. The van der Waals surface area contributed by atoms with Crippen LogP contribution in [0.15, 0.2) is 5.38 Å². The summed E-state index contributed by atoms with van der Waals surface area (Å²) in [6.45, 7) is 5.75. The topological polar surface area (TPSA) is 91.8 Å². The Morgan fingerprint density at radius 1 is 1.62 bits per heavy atom. The number of aliphatic hydroxyl groups excluding tert-OH is 1. The van der Waals surface area contributed by atoms with Gasteiger partial charge in [-0.1, -0.05) is 0 Å². The summed E-state index contributed by atoms with van der Waals surface area (Å²) in [6.07, 6.45) is -0.397. The van der Waals surface area contributed by atoms with Crippen LogP contribution in [0.3, 0.4) is 0 Å². The van der Waals surface area contributed by atoms with Crippen LogP contribution in [0.5, 0.6) is 0 Å². The van der Waals surface area contributed by atoms with E-state index < -0.39 is 11.7 Å². The fraction of sp³-hybridized carbons (Fsp3) is 0.615. The molecule has 1 saturated heterocycles. The second kappa shape index (κ2) is 6.08. The van der Waals surface area contributed by atoms with Crippen LogP contribution >= 0.6 is 11.3 Å². The molecule has 8 heteroatoms. The molecule has 0 bridgehead atoms. The molecule has 1 aromatic heterocycles. The first kappa shape index (κ1) is 15.9. The highest BCUT2D eigenvalue weighted by atomic mass is 32.1. The van der Waals surface area contributed by atoms with Crippen LogP contribution < -0.4 is 5.32 Å². The van der Waals surface area contributed by atoms with E-state index in [1.54, 1.807) is 10.3 Å². The predicted octanol–water partition coefficient (Wildman–Crippen LogP) is 0.713. The number of morpholine rings is 1. The highest BCUT2D eigenvalue weighted by molar-refractivity contribution is 7.14. The Morgan fingerprint density at radius 2 is 2.33 bits per heavy atom. The van der Waals surface area contributed by atoms with Gasteiger partial charge in [0.05, 0.1) is 18.3 Å². The third kappa shape index (κ3) is 3.99. The zero-order valence-corrected chi connectivity index (χ0v) is 13.1. The van der Waals surface area contributed by atoms with Crippen molar-refractivity contribution in [3.05, 3.63) is 11.1 Å². The highest BCUT2D eigenvalue weighted by Crippen LogP contribution is 2.23. The van der Waals surface area contributed by atoms with Gasteiger partial charge in [-0.15, -0.1) is 11.3 Å². The standard InChI is InChI=1S/C13H19N3O4S/c1-8(18)14-12-15-10(6-21-12)11(19)16-4-9(5-17)20-13(2,3)7-16/h6,9,17H,4-5,7H2,1-3H3,(H,14,15,18). The van der Waals surface area contributed by atoms with Gasteiger partial charge in [0, 0.05) is 25.4 Å². The molecular weight excluding hydrogens is 294 g/mol. The Morgan fingerprint density at radius 3 is 2.95 bits per heavy atom. The average molecular weight is 313 g/mol. The van der Waals surface area contributed by atoms with E-state index in [-0.39, 0.29) is 24.1 Å². The van der Waals surface area contributed by atoms with Crippen LogP contribution in [-0.2, 0) is 9.53 Å². The molecule has 0 radical (unpaired) electrons. The van der Waals surface area contributed by atoms with Gasteiger partial charge < -0.3 is 20.1 Å². The molecule has 116 valence electrons. The van der Waals surface area contributed by atoms with Gasteiger partial charge in [-0.3, -0.25) is 9.59 Å². The monoisotopic (exact) mass is 313 g/mol. The summed E-state index contributed by atoms with van der Waals surface area (Å²) in [5.74, 6) is -0.450. The van der Waals surface area contributed by atoms with E-state index >= 15 is 0 Å². The van der Waals surface area contributed by atoms with E-state index in [4.69, 9.17) is 4.74 Å². The minimum Gasteiger partial charge on any atom is -0.394 e. The number of carbonyl (C=O) groups excluding carboxylic acids is 2. The number of carbonyl (C=O) groups is 2. The molecule has 1 atom stereocenters. The lowest BCUT2D eigenvalue weighted by atomic mass is 10.1. The molecule has 1 aliphatic heterocycles. The van der Waals surface area contributed by atoms with Crippen LogP contribution in [0.2, 0.25) is 0 Å². The predicted molar refractivity (Wildman–Crippen MR) is 78.4 cm³/mol. The van der Waals surface area contributed by atoms with Gasteiger partial charge in [0.25, 0.3) is 5.91 Å². The molecule has 1 aromatic rings. The molecule has 0 saturated carbocycles. The summed E-state index contributed by atoms with van der Waals surface area (Å²) in [7, 11) is 0. The smallest absolute Gasteiger partial charge is 0.273 e. The van der Waals surface area contributed by atoms with Crippen molar-refractivity contribution in [2.75, 3.05) is 25.0 Å². The molecular formula is C13H19N3O4S. The van der Waals surface area contributed by atoms with E-state index in [1.165, 1.54) is 18.3 Å². The molecule has 1 unspecified atom stereocenters. The number of anilines is 1. The number of rotatable bonds is 3. The van der Waals surface area contributed by atoms with Gasteiger partial charge in [-0.25, -0.2) is 4.98 Å². The maximum absolute atomic E-state index is 12.5. The lowest BCUT2D eigenvalue weighted by molar-refractivity contribution is -0.139. The Labute approximate surface area is 126 Å². The number of aromatic nitrogens is 1. The van der Waals surface area contributed by atoms with E-state index in [2.05, 4.69) is 10.3 Å². The minimum atomic E-state index is -0.516. The number of hydrogen-bond acceptors (Lipinski definition) is 6. The molecule has 0 spiro atoms. The van der Waals surface area contributed by atoms with Gasteiger partial charge in [-0.2, -0.15) is 0 Å². The zero-order chi connectivity index (χ0) is 15.6. The third-order valence-electron chi connectivity index (χ3n) is 2.98. The first-order valence-corrected chi connectivity index (χ1v) is 7.50. The van der Waals surface area contributed by atoms with Gasteiger partial charge in [-0.05, 0) is 13.8 Å². The number of nitrogens with one attached hydrogen (secondary N) is 1. The molecule has 0 aliphatic carbocycles. The Balaban J connectivity index is 2.11. The number of aliphatic hydroxyl groups is 1. The second-order valence-corrected chi connectivity index (χ2v) is 6.44. The van der Waals surface area contributed by atoms with Crippen molar-refractivity contribution < 1.29 is 19.4 Å². The number of ether oxygens (including phenoxy) is 1. The quantitative estimate of drug-likeness (QED) is 0.857. The fourth-order valence-electron chi connectivity index (χ4n) is 2.29. The van der Waals surface area contributed by atoms with Crippen LogP contribution in [0.4, 0.5) is 5.13 Å². The van der Waals surface area contributed by atoms with Crippen LogP contribution in [0, 0.1) is 0 Å². The number of nitrogens with zero attached hydrogens (tertiary/aromatic N) is 2. The number of amides is 2. The Hall–Kier alpha value is -1.51. The van der Waals surface area contributed by atoms with Crippen molar-refractivity contribution in [3.8, 4) is 0 Å². The van der Waals surface area contributed by atoms with Crippen LogP contribution in [0.25, 0.3) is 0 Å². The molecule has 21 heavy (non-hydrogen) atoms. The van der Waals surface area contributed by atoms with E-state index in [1.807, 2.05) is 13.8 Å². The Bertz CT molecular complexity index is 543. The maximum atomic E-state index is 12.5. The summed E-state index contributed by atoms with van der Waals surface area (Å²) in [5.41, 5.74) is -0.226. The Kier molecular flexibility index (Phi) is 4.60. The zero-order valence-electron chi connectivity index (χ0n) is 12.3. The summed E-state index contributed by atoms with van der Waals surface area (Å²) in [6, 6.07) is 0. The van der Waals surface area contributed by atoms with E-state index in [0.717, 1.165) is 0 Å². The molecule has 2 N–H and O–H groups in total. The van der Waals surface area contributed by atoms with Crippen LogP contribution in [0.1, 0.15) is 31.3 Å². The first-order valence-electron chi connectivity index (χ1n) is 6.62. The minimum absolute atomic E-state index is 0.137. The molecule has 1 aliphatic rings. The summed E-state index contributed by atoms with van der Waals surface area (Å²) >= 11 is 1.21.